The van der Waals surface area contributed by atoms with Crippen molar-refractivity contribution in [1.29, 1.82) is 5.41 Å². The molecule has 106 valence electrons. The molecule has 0 fully saturated rings. The van der Waals surface area contributed by atoms with Crippen LogP contribution in [0.4, 0.5) is 0 Å². The van der Waals surface area contributed by atoms with Crippen LogP contribution >= 0.6 is 0 Å². The molecule has 0 aliphatic heterocycles. The lowest BCUT2D eigenvalue weighted by atomic mass is 10.1. The molecule has 0 radical (unpaired) electrons. The third-order valence-electron chi connectivity index (χ3n) is 2.89. The Morgan fingerprint density at radius 3 is 2.32 bits per heavy atom. The van der Waals surface area contributed by atoms with E-state index in [9.17, 15) is 0 Å². The first kappa shape index (κ1) is 15.5. The van der Waals surface area contributed by atoms with Crippen LogP contribution in [-0.2, 0) is 4.74 Å². The first-order valence-corrected chi connectivity index (χ1v) is 6.72. The molecule has 4 heteroatoms. The van der Waals surface area contributed by atoms with Crippen molar-refractivity contribution in [3.8, 4) is 5.75 Å². The number of rotatable bonds is 8. The molecule has 0 saturated carbocycles. The van der Waals surface area contributed by atoms with Crippen LogP contribution in [0.5, 0.6) is 5.75 Å². The number of ether oxygens (including phenoxy) is 2. The molecule has 19 heavy (non-hydrogen) atoms. The summed E-state index contributed by atoms with van der Waals surface area (Å²) in [5.74, 6) is 0.949. The van der Waals surface area contributed by atoms with Gasteiger partial charge in [0, 0.05) is 12.2 Å². The summed E-state index contributed by atoms with van der Waals surface area (Å²) in [6, 6.07) is 3.76. The Kier molecular flexibility index (Phi) is 6.36. The zero-order valence-electron chi connectivity index (χ0n) is 12.1. The van der Waals surface area contributed by atoms with Crippen molar-refractivity contribution < 1.29 is 9.47 Å². The van der Waals surface area contributed by atoms with Gasteiger partial charge < -0.3 is 15.2 Å². The van der Waals surface area contributed by atoms with Crippen LogP contribution < -0.4 is 10.5 Å². The van der Waals surface area contributed by atoms with Crippen LogP contribution in [-0.4, -0.2) is 25.7 Å². The molecule has 4 nitrogen and oxygen atoms in total. The van der Waals surface area contributed by atoms with Gasteiger partial charge in [-0.3, -0.25) is 5.41 Å². The monoisotopic (exact) mass is 264 g/mol. The average molecular weight is 264 g/mol. The van der Waals surface area contributed by atoms with E-state index in [1.165, 1.54) is 0 Å². The Labute approximate surface area is 115 Å². The van der Waals surface area contributed by atoms with Gasteiger partial charge in [0.15, 0.2) is 0 Å². The predicted octanol–water partition coefficient (Wildman–Crippen LogP) is 2.78. The number of amidine groups is 1. The standard InChI is InChI=1S/C15H24N2O2/c1-4-5-6-18-7-8-19-14-11(2)9-13(15(16)17)10-12(14)3/h9-10H,4-8H2,1-3H3,(H3,16,17). The normalized spacial score (nSPS) is 10.5. The number of nitrogen functional groups attached to an aromatic ring is 1. The fourth-order valence-corrected chi connectivity index (χ4v) is 1.88. The van der Waals surface area contributed by atoms with Crippen molar-refractivity contribution >= 4 is 5.84 Å². The van der Waals surface area contributed by atoms with Crippen molar-refractivity contribution in [3.05, 3.63) is 28.8 Å². The highest BCUT2D eigenvalue weighted by Crippen LogP contribution is 2.24. The molecule has 3 N–H and O–H groups in total. The molecule has 0 aliphatic carbocycles. The fourth-order valence-electron chi connectivity index (χ4n) is 1.88. The lowest BCUT2D eigenvalue weighted by Crippen LogP contribution is -2.13. The molecule has 0 amide bonds. The van der Waals surface area contributed by atoms with E-state index >= 15 is 0 Å². The summed E-state index contributed by atoms with van der Waals surface area (Å²) in [5.41, 5.74) is 8.23. The maximum atomic E-state index is 7.45. The molecule has 0 heterocycles. The highest BCUT2D eigenvalue weighted by molar-refractivity contribution is 5.95. The Hall–Kier alpha value is -1.55. The molecule has 0 aliphatic rings. The second-order valence-corrected chi connectivity index (χ2v) is 4.67. The number of unbranched alkanes of at least 4 members (excludes halogenated alkanes) is 1. The predicted molar refractivity (Wildman–Crippen MR) is 78.2 cm³/mol. The number of hydrogen-bond acceptors (Lipinski definition) is 3. The van der Waals surface area contributed by atoms with Crippen LogP contribution in [0.3, 0.4) is 0 Å². The van der Waals surface area contributed by atoms with Gasteiger partial charge in [0.2, 0.25) is 0 Å². The number of aryl methyl sites for hydroxylation is 2. The van der Waals surface area contributed by atoms with Gasteiger partial charge in [-0.25, -0.2) is 0 Å². The third kappa shape index (κ3) is 4.91. The van der Waals surface area contributed by atoms with E-state index in [2.05, 4.69) is 6.92 Å². The molecule has 0 atom stereocenters. The quantitative estimate of drug-likeness (QED) is 0.431. The topological polar surface area (TPSA) is 68.3 Å². The average Bonchev–Trinajstić information content (AvgIpc) is 2.35. The van der Waals surface area contributed by atoms with Gasteiger partial charge in [-0.1, -0.05) is 13.3 Å². The zero-order valence-corrected chi connectivity index (χ0v) is 12.1. The minimum Gasteiger partial charge on any atom is -0.491 e. The molecule has 0 saturated heterocycles. The van der Waals surface area contributed by atoms with Gasteiger partial charge in [0.25, 0.3) is 0 Å². The maximum absolute atomic E-state index is 7.45. The van der Waals surface area contributed by atoms with Gasteiger partial charge in [0.1, 0.15) is 18.2 Å². The van der Waals surface area contributed by atoms with Gasteiger partial charge >= 0.3 is 0 Å². The van der Waals surface area contributed by atoms with E-state index in [0.29, 0.717) is 13.2 Å². The molecule has 1 aromatic carbocycles. The van der Waals surface area contributed by atoms with Crippen molar-refractivity contribution in [2.75, 3.05) is 19.8 Å². The van der Waals surface area contributed by atoms with Crippen LogP contribution in [0.2, 0.25) is 0 Å². The molecular weight excluding hydrogens is 240 g/mol. The highest BCUT2D eigenvalue weighted by Gasteiger charge is 2.07. The van der Waals surface area contributed by atoms with Gasteiger partial charge in [-0.05, 0) is 43.5 Å². The summed E-state index contributed by atoms with van der Waals surface area (Å²) in [6.07, 6.45) is 2.23. The summed E-state index contributed by atoms with van der Waals surface area (Å²) in [4.78, 5) is 0. The Bertz CT molecular complexity index is 407. The zero-order chi connectivity index (χ0) is 14.3. The summed E-state index contributed by atoms with van der Waals surface area (Å²) in [5, 5.41) is 7.45. The van der Waals surface area contributed by atoms with Crippen molar-refractivity contribution in [3.63, 3.8) is 0 Å². The molecule has 0 spiro atoms. The molecule has 0 bridgehead atoms. The first-order valence-electron chi connectivity index (χ1n) is 6.72. The van der Waals surface area contributed by atoms with E-state index in [4.69, 9.17) is 20.6 Å². The Morgan fingerprint density at radius 2 is 1.79 bits per heavy atom. The number of nitrogens with one attached hydrogen (secondary N) is 1. The van der Waals surface area contributed by atoms with Crippen LogP contribution in [0.25, 0.3) is 0 Å². The molecule has 1 rings (SSSR count). The molecule has 1 aromatic rings. The minimum atomic E-state index is 0.0839. The van der Waals surface area contributed by atoms with E-state index in [1.54, 1.807) is 0 Å². The van der Waals surface area contributed by atoms with Gasteiger partial charge in [-0.15, -0.1) is 0 Å². The van der Waals surface area contributed by atoms with Crippen molar-refractivity contribution in [2.45, 2.75) is 33.6 Å². The van der Waals surface area contributed by atoms with Crippen LogP contribution in [0, 0.1) is 19.3 Å². The number of nitrogens with two attached hydrogens (primary N) is 1. The summed E-state index contributed by atoms with van der Waals surface area (Å²) in [7, 11) is 0. The SMILES string of the molecule is CCCCOCCOc1c(C)cc(C(=N)N)cc1C. The first-order chi connectivity index (χ1) is 9.06. The van der Waals surface area contributed by atoms with Crippen molar-refractivity contribution in [2.24, 2.45) is 5.73 Å². The molecule has 0 unspecified atom stereocenters. The smallest absolute Gasteiger partial charge is 0.125 e. The van der Waals surface area contributed by atoms with Gasteiger partial charge in [-0.2, -0.15) is 0 Å². The summed E-state index contributed by atoms with van der Waals surface area (Å²) in [6.45, 7) is 8.02. The van der Waals surface area contributed by atoms with Crippen LogP contribution in [0.15, 0.2) is 12.1 Å². The third-order valence-corrected chi connectivity index (χ3v) is 2.89. The Balaban J connectivity index is 2.52. The Morgan fingerprint density at radius 1 is 1.16 bits per heavy atom. The fraction of sp³-hybridized carbons (Fsp3) is 0.533. The highest BCUT2D eigenvalue weighted by atomic mass is 16.5. The number of hydrogen-bond donors (Lipinski definition) is 2. The van der Waals surface area contributed by atoms with E-state index < -0.39 is 0 Å². The maximum Gasteiger partial charge on any atom is 0.125 e. The van der Waals surface area contributed by atoms with Crippen LogP contribution in [0.1, 0.15) is 36.5 Å². The van der Waals surface area contributed by atoms with Gasteiger partial charge in [0.05, 0.1) is 6.61 Å². The number of benzene rings is 1. The van der Waals surface area contributed by atoms with Crippen molar-refractivity contribution in [1.82, 2.24) is 0 Å². The lowest BCUT2D eigenvalue weighted by Gasteiger charge is -2.14. The van der Waals surface area contributed by atoms with E-state index in [0.717, 1.165) is 41.9 Å². The summed E-state index contributed by atoms with van der Waals surface area (Å²) < 4.78 is 11.2. The second kappa shape index (κ2) is 7.79. The minimum absolute atomic E-state index is 0.0839. The summed E-state index contributed by atoms with van der Waals surface area (Å²) >= 11 is 0. The molecular formula is C15H24N2O2. The van der Waals surface area contributed by atoms with E-state index in [1.807, 2.05) is 26.0 Å². The lowest BCUT2D eigenvalue weighted by molar-refractivity contribution is 0.0976. The second-order valence-electron chi connectivity index (χ2n) is 4.67. The van der Waals surface area contributed by atoms with E-state index in [-0.39, 0.29) is 5.84 Å². The largest absolute Gasteiger partial charge is 0.491 e. The molecule has 0 aromatic heterocycles.